The van der Waals surface area contributed by atoms with E-state index in [0.29, 0.717) is 19.7 Å². The number of hydrogen-bond acceptors (Lipinski definition) is 5. The average Bonchev–Trinajstić information content (AvgIpc) is 3.17. The molecule has 0 N–H and O–H groups in total. The maximum absolute atomic E-state index is 12.8. The molecule has 2 aliphatic rings. The van der Waals surface area contributed by atoms with Gasteiger partial charge < -0.3 is 14.4 Å². The molecule has 1 saturated heterocycles. The van der Waals surface area contributed by atoms with Gasteiger partial charge in [-0.1, -0.05) is 18.2 Å². The van der Waals surface area contributed by atoms with Crippen molar-refractivity contribution in [3.63, 3.8) is 0 Å². The topological polar surface area (TPSA) is 76.2 Å². The van der Waals surface area contributed by atoms with Crippen LogP contribution >= 0.6 is 0 Å². The molecule has 170 valence electrons. The molecule has 0 radical (unpaired) electrons. The van der Waals surface area contributed by atoms with Crippen LogP contribution in [0.1, 0.15) is 25.0 Å². The zero-order valence-electron chi connectivity index (χ0n) is 18.4. The summed E-state index contributed by atoms with van der Waals surface area (Å²) in [4.78, 5) is 14.7. The van der Waals surface area contributed by atoms with Crippen LogP contribution in [0.4, 0.5) is 0 Å². The third kappa shape index (κ3) is 4.66. The van der Waals surface area contributed by atoms with E-state index in [9.17, 15) is 13.2 Å². The van der Waals surface area contributed by atoms with Crippen molar-refractivity contribution in [1.82, 2.24) is 9.21 Å². The summed E-state index contributed by atoms with van der Waals surface area (Å²) in [6, 6.07) is 12.3. The Bertz CT molecular complexity index is 1110. The Morgan fingerprint density at radius 1 is 1.16 bits per heavy atom. The van der Waals surface area contributed by atoms with Crippen LogP contribution in [0.3, 0.4) is 0 Å². The molecule has 0 bridgehead atoms. The molecule has 2 aliphatic heterocycles. The first kappa shape index (κ1) is 22.4. The van der Waals surface area contributed by atoms with E-state index < -0.39 is 10.0 Å². The van der Waals surface area contributed by atoms with Crippen molar-refractivity contribution in [2.24, 2.45) is 0 Å². The van der Waals surface area contributed by atoms with E-state index in [1.165, 1.54) is 10.4 Å². The minimum absolute atomic E-state index is 0.129. The molecule has 1 atom stereocenters. The lowest BCUT2D eigenvalue weighted by molar-refractivity contribution is -0.127. The second kappa shape index (κ2) is 9.34. The number of hydrogen-bond donors (Lipinski definition) is 0. The molecule has 1 fully saturated rings. The molecule has 1 unspecified atom stereocenters. The molecular formula is C24H28N2O5S. The molecule has 0 aromatic heterocycles. The fourth-order valence-electron chi connectivity index (χ4n) is 4.02. The predicted molar refractivity (Wildman–Crippen MR) is 122 cm³/mol. The average molecular weight is 457 g/mol. The quantitative estimate of drug-likeness (QED) is 0.625. The van der Waals surface area contributed by atoms with E-state index >= 15 is 0 Å². The van der Waals surface area contributed by atoms with Gasteiger partial charge in [-0.25, -0.2) is 8.42 Å². The Labute approximate surface area is 189 Å². The molecule has 0 aliphatic carbocycles. The summed E-state index contributed by atoms with van der Waals surface area (Å²) in [5.74, 6) is 1.40. The molecule has 2 aromatic carbocycles. The fraction of sp³-hybridized carbons (Fsp3) is 0.375. The summed E-state index contributed by atoms with van der Waals surface area (Å²) in [6.45, 7) is 5.71. The van der Waals surface area contributed by atoms with Crippen molar-refractivity contribution in [3.05, 3.63) is 59.7 Å². The highest BCUT2D eigenvalue weighted by molar-refractivity contribution is 7.89. The minimum atomic E-state index is -3.54. The monoisotopic (exact) mass is 456 g/mol. The van der Waals surface area contributed by atoms with Gasteiger partial charge >= 0.3 is 0 Å². The molecule has 8 heteroatoms. The molecule has 1 amide bonds. The van der Waals surface area contributed by atoms with Gasteiger partial charge in [0.1, 0.15) is 17.6 Å². The Hall–Kier alpha value is -2.84. The van der Waals surface area contributed by atoms with Crippen molar-refractivity contribution in [3.8, 4) is 11.5 Å². The number of nitrogens with zero attached hydrogens (tertiary/aromatic N) is 2. The highest BCUT2D eigenvalue weighted by Gasteiger charge is 2.29. The molecule has 7 nitrogen and oxygen atoms in total. The van der Waals surface area contributed by atoms with Crippen molar-refractivity contribution >= 4 is 22.0 Å². The normalized spacial score (nSPS) is 19.1. The standard InChI is InChI=1S/C24H28N2O5S/c1-3-30-22-17-20-15-18(2)31-23(20)16-19(22)9-10-24(27)25-11-13-26(14-12-25)32(28,29)21-7-5-4-6-8-21/h4-10,16-18H,3,11-15H2,1-2H3/b10-9+. The maximum Gasteiger partial charge on any atom is 0.246 e. The van der Waals surface area contributed by atoms with E-state index in [-0.39, 0.29) is 30.0 Å². The van der Waals surface area contributed by atoms with Gasteiger partial charge in [0.05, 0.1) is 11.5 Å². The number of ether oxygens (including phenoxy) is 2. The van der Waals surface area contributed by atoms with Crippen molar-refractivity contribution in [2.75, 3.05) is 32.8 Å². The molecule has 0 saturated carbocycles. The van der Waals surface area contributed by atoms with Crippen molar-refractivity contribution < 1.29 is 22.7 Å². The highest BCUT2D eigenvalue weighted by atomic mass is 32.2. The van der Waals surface area contributed by atoms with Gasteiger partial charge in [-0.2, -0.15) is 4.31 Å². The summed E-state index contributed by atoms with van der Waals surface area (Å²) in [5.41, 5.74) is 1.90. The number of piperazine rings is 1. The number of carbonyl (C=O) groups is 1. The smallest absolute Gasteiger partial charge is 0.246 e. The number of fused-ring (bicyclic) bond motifs is 1. The summed E-state index contributed by atoms with van der Waals surface area (Å²) in [7, 11) is -3.54. The lowest BCUT2D eigenvalue weighted by Crippen LogP contribution is -2.50. The summed E-state index contributed by atoms with van der Waals surface area (Å²) < 4.78 is 38.6. The van der Waals surface area contributed by atoms with E-state index in [2.05, 4.69) is 0 Å². The number of carbonyl (C=O) groups excluding carboxylic acids is 1. The molecule has 4 rings (SSSR count). The first-order valence-electron chi connectivity index (χ1n) is 10.9. The van der Waals surface area contributed by atoms with Crippen LogP contribution < -0.4 is 9.47 Å². The maximum atomic E-state index is 12.8. The van der Waals surface area contributed by atoms with Crippen LogP contribution in [-0.2, 0) is 21.2 Å². The van der Waals surface area contributed by atoms with Gasteiger partial charge in [-0.15, -0.1) is 0 Å². The van der Waals surface area contributed by atoms with Crippen LogP contribution in [0.25, 0.3) is 6.08 Å². The third-order valence-corrected chi connectivity index (χ3v) is 7.58. The largest absolute Gasteiger partial charge is 0.493 e. The van der Waals surface area contributed by atoms with Gasteiger partial charge in [0.25, 0.3) is 0 Å². The Balaban J connectivity index is 1.42. The fourth-order valence-corrected chi connectivity index (χ4v) is 5.47. The lowest BCUT2D eigenvalue weighted by Gasteiger charge is -2.33. The SMILES string of the molecule is CCOc1cc2c(cc1/C=C/C(=O)N1CCN(S(=O)(=O)c3ccccc3)CC1)OC(C)C2. The van der Waals surface area contributed by atoms with Crippen LogP contribution in [-0.4, -0.2) is 62.4 Å². The van der Waals surface area contributed by atoms with Crippen LogP contribution in [0.2, 0.25) is 0 Å². The first-order chi connectivity index (χ1) is 15.4. The molecular weight excluding hydrogens is 428 g/mol. The van der Waals surface area contributed by atoms with Crippen molar-refractivity contribution in [1.29, 1.82) is 0 Å². The first-order valence-corrected chi connectivity index (χ1v) is 12.3. The summed E-state index contributed by atoms with van der Waals surface area (Å²) >= 11 is 0. The number of rotatable bonds is 6. The van der Waals surface area contributed by atoms with E-state index in [4.69, 9.17) is 9.47 Å². The molecule has 32 heavy (non-hydrogen) atoms. The third-order valence-electron chi connectivity index (χ3n) is 5.67. The van der Waals surface area contributed by atoms with Crippen LogP contribution in [0.15, 0.2) is 53.4 Å². The predicted octanol–water partition coefficient (Wildman–Crippen LogP) is 2.96. The van der Waals surface area contributed by atoms with E-state index in [0.717, 1.165) is 29.0 Å². The molecule has 2 aromatic rings. The number of benzene rings is 2. The molecule has 0 spiro atoms. The minimum Gasteiger partial charge on any atom is -0.493 e. The van der Waals surface area contributed by atoms with E-state index in [1.54, 1.807) is 41.3 Å². The van der Waals surface area contributed by atoms with Gasteiger partial charge in [-0.05, 0) is 44.2 Å². The van der Waals surface area contributed by atoms with Gasteiger partial charge in [0.2, 0.25) is 15.9 Å². The summed E-state index contributed by atoms with van der Waals surface area (Å²) in [5, 5.41) is 0. The molecule has 2 heterocycles. The highest BCUT2D eigenvalue weighted by Crippen LogP contribution is 2.35. The van der Waals surface area contributed by atoms with Crippen LogP contribution in [0.5, 0.6) is 11.5 Å². The van der Waals surface area contributed by atoms with Gasteiger partial charge in [0.15, 0.2) is 0 Å². The van der Waals surface area contributed by atoms with Gasteiger partial charge in [-0.3, -0.25) is 4.79 Å². The lowest BCUT2D eigenvalue weighted by atomic mass is 10.1. The number of amides is 1. The second-order valence-corrected chi connectivity index (χ2v) is 9.88. The van der Waals surface area contributed by atoms with E-state index in [1.807, 2.05) is 26.0 Å². The van der Waals surface area contributed by atoms with Crippen molar-refractivity contribution in [2.45, 2.75) is 31.3 Å². The summed E-state index contributed by atoms with van der Waals surface area (Å²) in [6.07, 6.45) is 4.23. The Kier molecular flexibility index (Phi) is 6.53. The number of sulfonamides is 1. The van der Waals surface area contributed by atoms with Crippen LogP contribution in [0, 0.1) is 0 Å². The second-order valence-electron chi connectivity index (χ2n) is 7.94. The van der Waals surface area contributed by atoms with Gasteiger partial charge in [0, 0.05) is 49.8 Å². The Morgan fingerprint density at radius 2 is 1.88 bits per heavy atom. The zero-order valence-corrected chi connectivity index (χ0v) is 19.2. The zero-order chi connectivity index (χ0) is 22.7. The Morgan fingerprint density at radius 3 is 2.56 bits per heavy atom.